The number of aromatic nitrogens is 2. The Balaban J connectivity index is 2.13. The van der Waals surface area contributed by atoms with Crippen molar-refractivity contribution in [2.24, 2.45) is 0 Å². The molecule has 1 saturated heterocycles. The summed E-state index contributed by atoms with van der Waals surface area (Å²) in [5, 5.41) is 9.28. The van der Waals surface area contributed by atoms with Gasteiger partial charge in [-0.15, -0.1) is 0 Å². The van der Waals surface area contributed by atoms with Crippen LogP contribution >= 0.6 is 11.6 Å². The molecule has 1 fully saturated rings. The van der Waals surface area contributed by atoms with Crippen LogP contribution in [-0.2, 0) is 0 Å². The maximum atomic E-state index is 9.03. The molecule has 1 N–H and O–H groups in total. The third kappa shape index (κ3) is 1.35. The van der Waals surface area contributed by atoms with Gasteiger partial charge in [-0.1, -0.05) is 0 Å². The zero-order chi connectivity index (χ0) is 8.55. The lowest BCUT2D eigenvalue weighted by Crippen LogP contribution is -2.51. The first-order valence-corrected chi connectivity index (χ1v) is 4.05. The summed E-state index contributed by atoms with van der Waals surface area (Å²) in [7, 11) is 0. The maximum absolute atomic E-state index is 9.03. The van der Waals surface area contributed by atoms with E-state index in [2.05, 4.69) is 9.97 Å². The van der Waals surface area contributed by atoms with Crippen LogP contribution in [-0.4, -0.2) is 34.3 Å². The molecule has 2 rings (SSSR count). The van der Waals surface area contributed by atoms with Gasteiger partial charge < -0.3 is 10.0 Å². The van der Waals surface area contributed by atoms with Gasteiger partial charge in [0.1, 0.15) is 5.82 Å². The van der Waals surface area contributed by atoms with E-state index in [-0.39, 0.29) is 11.4 Å². The first-order valence-electron chi connectivity index (χ1n) is 3.67. The minimum Gasteiger partial charge on any atom is -0.389 e. The highest BCUT2D eigenvalue weighted by atomic mass is 35.5. The predicted octanol–water partition coefficient (Wildman–Crippen LogP) is 0.311. The van der Waals surface area contributed by atoms with Crippen LogP contribution in [0, 0.1) is 0 Å². The molecule has 0 radical (unpaired) electrons. The first kappa shape index (κ1) is 7.76. The molecule has 2 heterocycles. The van der Waals surface area contributed by atoms with Gasteiger partial charge >= 0.3 is 0 Å². The Morgan fingerprint density at radius 3 is 2.92 bits per heavy atom. The van der Waals surface area contributed by atoms with Crippen LogP contribution in [0.15, 0.2) is 12.3 Å². The Morgan fingerprint density at radius 1 is 1.58 bits per heavy atom. The Hall–Kier alpha value is -0.870. The summed E-state index contributed by atoms with van der Waals surface area (Å²) in [4.78, 5) is 9.71. The molecular formula is C7H8ClN3O. The molecule has 0 unspecified atom stereocenters. The summed E-state index contributed by atoms with van der Waals surface area (Å²) in [6.07, 6.45) is 1.38. The van der Waals surface area contributed by atoms with Gasteiger partial charge in [-0.3, -0.25) is 0 Å². The van der Waals surface area contributed by atoms with E-state index in [1.54, 1.807) is 12.3 Å². The fraction of sp³-hybridized carbons (Fsp3) is 0.429. The molecule has 1 aromatic heterocycles. The van der Waals surface area contributed by atoms with Crippen molar-refractivity contribution >= 4 is 17.4 Å². The normalized spacial score (nSPS) is 17.7. The number of halogens is 1. The van der Waals surface area contributed by atoms with Gasteiger partial charge in [0, 0.05) is 19.3 Å². The van der Waals surface area contributed by atoms with Crippen molar-refractivity contribution in [3.05, 3.63) is 17.5 Å². The minimum absolute atomic E-state index is 0.223. The second kappa shape index (κ2) is 2.88. The largest absolute Gasteiger partial charge is 0.389 e. The van der Waals surface area contributed by atoms with Crippen LogP contribution in [0.1, 0.15) is 0 Å². The summed E-state index contributed by atoms with van der Waals surface area (Å²) in [5.74, 6) is 0.778. The molecule has 0 aliphatic carbocycles. The summed E-state index contributed by atoms with van der Waals surface area (Å²) >= 11 is 5.59. The molecule has 5 heteroatoms. The van der Waals surface area contributed by atoms with Gasteiger partial charge in [0.05, 0.1) is 6.10 Å². The van der Waals surface area contributed by atoms with E-state index >= 15 is 0 Å². The molecule has 0 atom stereocenters. The number of hydrogen-bond acceptors (Lipinski definition) is 4. The van der Waals surface area contributed by atoms with Gasteiger partial charge in [0.15, 0.2) is 0 Å². The second-order valence-corrected chi connectivity index (χ2v) is 3.08. The second-order valence-electron chi connectivity index (χ2n) is 2.74. The molecular weight excluding hydrogens is 178 g/mol. The molecule has 1 aliphatic rings. The zero-order valence-corrected chi connectivity index (χ0v) is 7.07. The standard InChI is InChI=1S/C7H8ClN3O/c8-7-9-2-1-6(10-7)11-3-5(12)4-11/h1-2,5,12H,3-4H2. The van der Waals surface area contributed by atoms with Crippen LogP contribution in [0.5, 0.6) is 0 Å². The van der Waals surface area contributed by atoms with Gasteiger partial charge in [0.25, 0.3) is 0 Å². The van der Waals surface area contributed by atoms with Gasteiger partial charge in [-0.05, 0) is 17.7 Å². The van der Waals surface area contributed by atoms with E-state index in [0.29, 0.717) is 13.1 Å². The van der Waals surface area contributed by atoms with Crippen LogP contribution in [0.3, 0.4) is 0 Å². The number of anilines is 1. The molecule has 4 nitrogen and oxygen atoms in total. The number of hydrogen-bond donors (Lipinski definition) is 1. The summed E-state index contributed by atoms with van der Waals surface area (Å²) in [5.41, 5.74) is 0. The first-order chi connectivity index (χ1) is 5.75. The van der Waals surface area contributed by atoms with E-state index in [0.717, 1.165) is 5.82 Å². The summed E-state index contributed by atoms with van der Waals surface area (Å²) < 4.78 is 0. The average molecular weight is 186 g/mol. The molecule has 0 amide bonds. The Labute approximate surface area is 74.8 Å². The summed E-state index contributed by atoms with van der Waals surface area (Å²) in [6, 6.07) is 1.78. The van der Waals surface area contributed by atoms with Crippen LogP contribution in [0.2, 0.25) is 5.28 Å². The van der Waals surface area contributed by atoms with Crippen LogP contribution in [0.25, 0.3) is 0 Å². The van der Waals surface area contributed by atoms with E-state index in [1.165, 1.54) is 0 Å². The Kier molecular flexibility index (Phi) is 1.86. The van der Waals surface area contributed by atoms with Crippen molar-refractivity contribution in [2.75, 3.05) is 18.0 Å². The average Bonchev–Trinajstić information content (AvgIpc) is 1.99. The quantitative estimate of drug-likeness (QED) is 0.640. The fourth-order valence-corrected chi connectivity index (χ4v) is 1.29. The third-order valence-corrected chi connectivity index (χ3v) is 1.98. The fourth-order valence-electron chi connectivity index (χ4n) is 1.14. The van der Waals surface area contributed by atoms with Crippen LogP contribution in [0.4, 0.5) is 5.82 Å². The zero-order valence-electron chi connectivity index (χ0n) is 6.31. The SMILES string of the molecule is OC1CN(c2ccnc(Cl)n2)C1. The van der Waals surface area contributed by atoms with Gasteiger partial charge in [-0.25, -0.2) is 9.97 Å². The van der Waals surface area contributed by atoms with E-state index in [9.17, 15) is 0 Å². The smallest absolute Gasteiger partial charge is 0.224 e. The Morgan fingerprint density at radius 2 is 2.33 bits per heavy atom. The van der Waals surface area contributed by atoms with Crippen molar-refractivity contribution in [1.82, 2.24) is 9.97 Å². The molecule has 0 aromatic carbocycles. The van der Waals surface area contributed by atoms with Crippen molar-refractivity contribution < 1.29 is 5.11 Å². The number of rotatable bonds is 1. The van der Waals surface area contributed by atoms with E-state index in [4.69, 9.17) is 16.7 Å². The van der Waals surface area contributed by atoms with E-state index < -0.39 is 0 Å². The van der Waals surface area contributed by atoms with Crippen molar-refractivity contribution in [3.63, 3.8) is 0 Å². The molecule has 12 heavy (non-hydrogen) atoms. The highest BCUT2D eigenvalue weighted by Gasteiger charge is 2.25. The monoisotopic (exact) mass is 185 g/mol. The lowest BCUT2D eigenvalue weighted by atomic mass is 10.2. The molecule has 64 valence electrons. The lowest BCUT2D eigenvalue weighted by Gasteiger charge is -2.36. The van der Waals surface area contributed by atoms with E-state index in [1.807, 2.05) is 4.90 Å². The van der Waals surface area contributed by atoms with Gasteiger partial charge in [0.2, 0.25) is 5.28 Å². The highest BCUT2D eigenvalue weighted by Crippen LogP contribution is 2.18. The molecule has 0 spiro atoms. The predicted molar refractivity (Wildman–Crippen MR) is 45.3 cm³/mol. The Bertz CT molecular complexity index is 288. The lowest BCUT2D eigenvalue weighted by molar-refractivity contribution is 0.141. The highest BCUT2D eigenvalue weighted by molar-refractivity contribution is 6.28. The number of aliphatic hydroxyl groups excluding tert-OH is 1. The maximum Gasteiger partial charge on any atom is 0.224 e. The number of aliphatic hydroxyl groups is 1. The minimum atomic E-state index is -0.223. The van der Waals surface area contributed by atoms with Crippen molar-refractivity contribution in [3.8, 4) is 0 Å². The number of β-amino-alcohol motifs (C(OH)–C–C–N with tert-alkyl or cyclic N) is 1. The molecule has 1 aromatic rings. The topological polar surface area (TPSA) is 49.2 Å². The van der Waals surface area contributed by atoms with Crippen molar-refractivity contribution in [1.29, 1.82) is 0 Å². The molecule has 0 saturated carbocycles. The molecule has 0 bridgehead atoms. The molecule has 1 aliphatic heterocycles. The van der Waals surface area contributed by atoms with Crippen molar-refractivity contribution in [2.45, 2.75) is 6.10 Å². The van der Waals surface area contributed by atoms with Crippen LogP contribution < -0.4 is 4.90 Å². The number of nitrogens with zero attached hydrogens (tertiary/aromatic N) is 3. The third-order valence-electron chi connectivity index (χ3n) is 1.80. The summed E-state index contributed by atoms with van der Waals surface area (Å²) in [6.45, 7) is 1.26. The van der Waals surface area contributed by atoms with Gasteiger partial charge in [-0.2, -0.15) is 0 Å².